The predicted molar refractivity (Wildman–Crippen MR) is 110 cm³/mol. The number of nitrogens with zero attached hydrogens (tertiary/aromatic N) is 5. The Balaban J connectivity index is 0.000000516. The van der Waals surface area contributed by atoms with Gasteiger partial charge in [0, 0.05) is 23.7 Å². The SMILES string of the molecule is CCN=O.Cc1ccc2cnn(-c3ccnc(NC4CCC(O)CC4)n3)c2c1. The molecule has 1 saturated carbocycles. The molecule has 1 fully saturated rings. The molecule has 0 bridgehead atoms. The smallest absolute Gasteiger partial charge is 0.224 e. The molecule has 0 radical (unpaired) electrons. The highest BCUT2D eigenvalue weighted by Crippen LogP contribution is 2.22. The van der Waals surface area contributed by atoms with Gasteiger partial charge in [-0.25, -0.2) is 9.67 Å². The second-order valence-electron chi connectivity index (χ2n) is 6.95. The molecule has 4 rings (SSSR count). The summed E-state index contributed by atoms with van der Waals surface area (Å²) in [4.78, 5) is 17.9. The molecule has 1 aromatic carbocycles. The minimum absolute atomic E-state index is 0.158. The maximum absolute atomic E-state index is 9.61. The third-order valence-electron chi connectivity index (χ3n) is 4.74. The number of fused-ring (bicyclic) bond motifs is 1. The quantitative estimate of drug-likeness (QED) is 0.668. The van der Waals surface area contributed by atoms with Gasteiger partial charge < -0.3 is 10.4 Å². The number of aryl methyl sites for hydroxylation is 1. The van der Waals surface area contributed by atoms with Crippen LogP contribution in [0.3, 0.4) is 0 Å². The van der Waals surface area contributed by atoms with E-state index in [1.807, 2.05) is 16.9 Å². The van der Waals surface area contributed by atoms with Gasteiger partial charge in [0.05, 0.1) is 24.4 Å². The fourth-order valence-electron chi connectivity index (χ4n) is 3.25. The van der Waals surface area contributed by atoms with E-state index in [0.717, 1.165) is 42.4 Å². The monoisotopic (exact) mass is 382 g/mol. The van der Waals surface area contributed by atoms with Crippen molar-refractivity contribution in [3.05, 3.63) is 47.1 Å². The first kappa shape index (κ1) is 19.9. The van der Waals surface area contributed by atoms with E-state index in [4.69, 9.17) is 4.91 Å². The van der Waals surface area contributed by atoms with Gasteiger partial charge in [0.15, 0.2) is 5.82 Å². The van der Waals surface area contributed by atoms with Gasteiger partial charge in [-0.05, 0) is 51.2 Å². The van der Waals surface area contributed by atoms with E-state index in [0.29, 0.717) is 18.5 Å². The van der Waals surface area contributed by atoms with E-state index in [-0.39, 0.29) is 6.10 Å². The average Bonchev–Trinajstić information content (AvgIpc) is 3.13. The van der Waals surface area contributed by atoms with Crippen molar-refractivity contribution in [2.75, 3.05) is 11.9 Å². The van der Waals surface area contributed by atoms with Crippen molar-refractivity contribution in [3.63, 3.8) is 0 Å². The molecule has 1 aliphatic rings. The number of aromatic nitrogens is 4. The van der Waals surface area contributed by atoms with Gasteiger partial charge in [-0.15, -0.1) is 0 Å². The molecule has 2 aromatic heterocycles. The standard InChI is InChI=1S/C18H21N5O.C2H5NO/c1-12-2-3-13-11-20-23(16(13)10-12)17-8-9-19-18(22-17)21-14-4-6-15(24)7-5-14;1-2-3-4/h2-3,8-11,14-15,24H,4-7H2,1H3,(H,19,21,22);2H2,1H3. The van der Waals surface area contributed by atoms with Crippen molar-refractivity contribution in [1.29, 1.82) is 0 Å². The molecule has 0 atom stereocenters. The van der Waals surface area contributed by atoms with Crippen LogP contribution >= 0.6 is 0 Å². The number of aliphatic hydroxyl groups excluding tert-OH is 1. The molecule has 3 aromatic rings. The summed E-state index contributed by atoms with van der Waals surface area (Å²) in [5.74, 6) is 1.37. The van der Waals surface area contributed by atoms with Crippen molar-refractivity contribution in [1.82, 2.24) is 19.7 Å². The zero-order valence-electron chi connectivity index (χ0n) is 16.2. The summed E-state index contributed by atoms with van der Waals surface area (Å²) in [5.41, 5.74) is 2.23. The van der Waals surface area contributed by atoms with Gasteiger partial charge in [-0.1, -0.05) is 17.3 Å². The average molecular weight is 382 g/mol. The van der Waals surface area contributed by atoms with Crippen LogP contribution in [-0.2, 0) is 0 Å². The third kappa shape index (κ3) is 4.89. The second-order valence-corrected chi connectivity index (χ2v) is 6.95. The van der Waals surface area contributed by atoms with E-state index in [2.05, 4.69) is 50.7 Å². The molecule has 0 saturated heterocycles. The molecule has 1 aliphatic carbocycles. The Morgan fingerprint density at radius 3 is 2.71 bits per heavy atom. The first-order valence-electron chi connectivity index (χ1n) is 9.62. The first-order valence-corrected chi connectivity index (χ1v) is 9.62. The summed E-state index contributed by atoms with van der Waals surface area (Å²) in [6, 6.07) is 8.45. The molecule has 0 amide bonds. The van der Waals surface area contributed by atoms with Crippen molar-refractivity contribution in [2.45, 2.75) is 51.7 Å². The molecule has 0 aliphatic heterocycles. The molecule has 8 heteroatoms. The predicted octanol–water partition coefficient (Wildman–Crippen LogP) is 3.61. The Bertz CT molecular complexity index is 918. The number of hydrogen-bond donors (Lipinski definition) is 2. The van der Waals surface area contributed by atoms with E-state index in [9.17, 15) is 5.11 Å². The number of benzene rings is 1. The van der Waals surface area contributed by atoms with Crippen LogP contribution in [0.15, 0.2) is 41.8 Å². The third-order valence-corrected chi connectivity index (χ3v) is 4.74. The van der Waals surface area contributed by atoms with Crippen LogP contribution in [0, 0.1) is 11.8 Å². The number of aliphatic hydroxyl groups is 1. The van der Waals surface area contributed by atoms with Gasteiger partial charge in [0.2, 0.25) is 5.95 Å². The highest BCUT2D eigenvalue weighted by molar-refractivity contribution is 5.80. The molecule has 28 heavy (non-hydrogen) atoms. The Kier molecular flexibility index (Phi) is 6.65. The number of rotatable bonds is 4. The molecule has 0 unspecified atom stereocenters. The topological polar surface area (TPSA) is 105 Å². The van der Waals surface area contributed by atoms with Gasteiger partial charge >= 0.3 is 0 Å². The summed E-state index contributed by atoms with van der Waals surface area (Å²) in [6.07, 6.45) is 7.00. The van der Waals surface area contributed by atoms with E-state index in [1.165, 1.54) is 5.56 Å². The highest BCUT2D eigenvalue weighted by atomic mass is 16.3. The van der Waals surface area contributed by atoms with Crippen molar-refractivity contribution < 1.29 is 5.11 Å². The van der Waals surface area contributed by atoms with Crippen LogP contribution in [0.2, 0.25) is 0 Å². The fraction of sp³-hybridized carbons (Fsp3) is 0.450. The molecule has 8 nitrogen and oxygen atoms in total. The van der Waals surface area contributed by atoms with Crippen LogP contribution in [0.5, 0.6) is 0 Å². The molecule has 0 spiro atoms. The fourth-order valence-corrected chi connectivity index (χ4v) is 3.25. The number of nitrogens with one attached hydrogen (secondary N) is 1. The summed E-state index contributed by atoms with van der Waals surface area (Å²) < 4.78 is 1.85. The molecule has 2 N–H and O–H groups in total. The van der Waals surface area contributed by atoms with Crippen LogP contribution in [0.1, 0.15) is 38.2 Å². The lowest BCUT2D eigenvalue weighted by atomic mass is 9.93. The van der Waals surface area contributed by atoms with Crippen LogP contribution in [0.4, 0.5) is 5.95 Å². The molecular weight excluding hydrogens is 356 g/mol. The van der Waals surface area contributed by atoms with Crippen LogP contribution < -0.4 is 5.32 Å². The normalized spacial score (nSPS) is 19.0. The van der Waals surface area contributed by atoms with E-state index < -0.39 is 0 Å². The molecular formula is C20H26N6O2. The van der Waals surface area contributed by atoms with Gasteiger partial charge in [-0.2, -0.15) is 15.0 Å². The Labute approximate surface area is 164 Å². The Morgan fingerprint density at radius 2 is 2.00 bits per heavy atom. The lowest BCUT2D eigenvalue weighted by Crippen LogP contribution is -2.29. The maximum Gasteiger partial charge on any atom is 0.224 e. The van der Waals surface area contributed by atoms with E-state index in [1.54, 1.807) is 13.1 Å². The molecule has 148 valence electrons. The lowest BCUT2D eigenvalue weighted by Gasteiger charge is -2.26. The number of hydrogen-bond acceptors (Lipinski definition) is 7. The largest absolute Gasteiger partial charge is 0.393 e. The summed E-state index contributed by atoms with van der Waals surface area (Å²) in [5, 5.41) is 21.1. The lowest BCUT2D eigenvalue weighted by molar-refractivity contribution is 0.126. The van der Waals surface area contributed by atoms with Crippen molar-refractivity contribution >= 4 is 16.9 Å². The summed E-state index contributed by atoms with van der Waals surface area (Å²) in [6.45, 7) is 4.16. The Hall–Kier alpha value is -2.87. The zero-order chi connectivity index (χ0) is 19.9. The maximum atomic E-state index is 9.61. The van der Waals surface area contributed by atoms with Crippen LogP contribution in [-0.4, -0.2) is 43.5 Å². The van der Waals surface area contributed by atoms with Gasteiger partial charge in [0.25, 0.3) is 0 Å². The Morgan fingerprint density at radius 1 is 1.25 bits per heavy atom. The minimum Gasteiger partial charge on any atom is -0.393 e. The summed E-state index contributed by atoms with van der Waals surface area (Å²) >= 11 is 0. The zero-order valence-corrected chi connectivity index (χ0v) is 16.2. The number of nitroso groups, excluding NO2 is 1. The van der Waals surface area contributed by atoms with Crippen LogP contribution in [0.25, 0.3) is 16.7 Å². The molecule has 2 heterocycles. The van der Waals surface area contributed by atoms with Gasteiger partial charge in [0.1, 0.15) is 0 Å². The minimum atomic E-state index is -0.158. The van der Waals surface area contributed by atoms with Gasteiger partial charge in [-0.3, -0.25) is 0 Å². The second kappa shape index (κ2) is 9.36. The van der Waals surface area contributed by atoms with Crippen molar-refractivity contribution in [3.8, 4) is 5.82 Å². The number of anilines is 1. The van der Waals surface area contributed by atoms with E-state index >= 15 is 0 Å². The highest BCUT2D eigenvalue weighted by Gasteiger charge is 2.20. The first-order chi connectivity index (χ1) is 13.6. The summed E-state index contributed by atoms with van der Waals surface area (Å²) in [7, 11) is 0. The van der Waals surface area contributed by atoms with Crippen molar-refractivity contribution in [2.24, 2.45) is 5.18 Å².